The number of carbonyl (C=O) groups is 1. The lowest BCUT2D eigenvalue weighted by Gasteiger charge is -2.37. The Morgan fingerprint density at radius 1 is 0.923 bits per heavy atom. The first-order chi connectivity index (χ1) is 18.9. The van der Waals surface area contributed by atoms with Gasteiger partial charge in [-0.2, -0.15) is 4.31 Å². The fourth-order valence-corrected chi connectivity index (χ4v) is 7.23. The van der Waals surface area contributed by atoms with Crippen molar-refractivity contribution in [1.82, 2.24) is 14.1 Å². The number of ether oxygens (including phenoxy) is 4. The first-order valence-electron chi connectivity index (χ1n) is 13.5. The molecule has 1 amide bonds. The van der Waals surface area contributed by atoms with Crippen LogP contribution in [0.4, 0.5) is 0 Å². The molecule has 1 saturated carbocycles. The summed E-state index contributed by atoms with van der Waals surface area (Å²) in [6.07, 6.45) is 4.50. The van der Waals surface area contributed by atoms with Crippen LogP contribution in [0, 0.1) is 0 Å². The van der Waals surface area contributed by atoms with Crippen molar-refractivity contribution >= 4 is 15.9 Å². The van der Waals surface area contributed by atoms with Gasteiger partial charge in [0.05, 0.1) is 25.7 Å². The summed E-state index contributed by atoms with van der Waals surface area (Å²) >= 11 is 0. The monoisotopic (exact) mass is 559 g/mol. The van der Waals surface area contributed by atoms with E-state index in [4.69, 9.17) is 18.9 Å². The Labute approximate surface area is 230 Å². The quantitative estimate of drug-likeness (QED) is 0.463. The van der Waals surface area contributed by atoms with E-state index in [-0.39, 0.29) is 30.2 Å². The predicted octanol–water partition coefficient (Wildman–Crippen LogP) is 3.10. The highest BCUT2D eigenvalue weighted by molar-refractivity contribution is 7.89. The zero-order valence-electron chi connectivity index (χ0n) is 22.6. The highest BCUT2D eigenvalue weighted by atomic mass is 32.2. The van der Waals surface area contributed by atoms with Crippen molar-refractivity contribution < 1.29 is 32.2 Å². The largest absolute Gasteiger partial charge is 0.493 e. The second-order valence-corrected chi connectivity index (χ2v) is 12.1. The molecule has 1 saturated heterocycles. The van der Waals surface area contributed by atoms with Crippen molar-refractivity contribution in [2.24, 2.45) is 0 Å². The van der Waals surface area contributed by atoms with Crippen LogP contribution in [0.1, 0.15) is 37.7 Å². The Hall–Kier alpha value is -3.02. The number of carbonyl (C=O) groups excluding carboxylic acids is 1. The lowest BCUT2D eigenvalue weighted by molar-refractivity contribution is -0.133. The molecule has 0 radical (unpaired) electrons. The molecule has 0 N–H and O–H groups in total. The summed E-state index contributed by atoms with van der Waals surface area (Å²) in [5.41, 5.74) is 1.13. The number of benzene rings is 2. The standard InChI is InChI=1S/C28H37N3O7S/c1-35-24-11-9-23(17-26(24)36-2)39(33,34)31(22-6-4-3-5-7-22)19-28(32)30-14-12-29(13-15-30)18-21-8-10-25-27(16-21)38-20-37-25/h8-11,16-17,22H,3-7,12-15,18-20H2,1-2H3. The maximum Gasteiger partial charge on any atom is 0.243 e. The van der Waals surface area contributed by atoms with Crippen molar-refractivity contribution in [2.75, 3.05) is 53.7 Å². The fourth-order valence-electron chi connectivity index (χ4n) is 5.58. The van der Waals surface area contributed by atoms with Gasteiger partial charge in [-0.15, -0.1) is 0 Å². The Morgan fingerprint density at radius 3 is 2.36 bits per heavy atom. The van der Waals surface area contributed by atoms with Gasteiger partial charge in [-0.3, -0.25) is 9.69 Å². The highest BCUT2D eigenvalue weighted by Gasteiger charge is 2.36. The number of fused-ring (bicyclic) bond motifs is 1. The highest BCUT2D eigenvalue weighted by Crippen LogP contribution is 2.34. The minimum absolute atomic E-state index is 0.104. The van der Waals surface area contributed by atoms with E-state index < -0.39 is 10.0 Å². The lowest BCUT2D eigenvalue weighted by atomic mass is 9.95. The molecule has 2 heterocycles. The third kappa shape index (κ3) is 6.10. The molecule has 1 aliphatic carbocycles. The minimum Gasteiger partial charge on any atom is -0.493 e. The number of rotatable bonds is 9. The zero-order chi connectivity index (χ0) is 27.4. The summed E-state index contributed by atoms with van der Waals surface area (Å²) in [5.74, 6) is 2.16. The summed E-state index contributed by atoms with van der Waals surface area (Å²) in [4.78, 5) is 17.7. The Bertz CT molecular complexity index is 1270. The summed E-state index contributed by atoms with van der Waals surface area (Å²) in [6, 6.07) is 10.3. The van der Waals surface area contributed by atoms with Gasteiger partial charge in [0.15, 0.2) is 23.0 Å². The van der Waals surface area contributed by atoms with Crippen molar-refractivity contribution in [3.63, 3.8) is 0 Å². The van der Waals surface area contributed by atoms with Crippen molar-refractivity contribution in [2.45, 2.75) is 49.6 Å². The van der Waals surface area contributed by atoms with Crippen molar-refractivity contribution in [1.29, 1.82) is 0 Å². The molecule has 0 spiro atoms. The van der Waals surface area contributed by atoms with Gasteiger partial charge in [0.25, 0.3) is 0 Å². The topological polar surface area (TPSA) is 97.9 Å². The molecule has 2 aliphatic heterocycles. The molecule has 0 atom stereocenters. The van der Waals surface area contributed by atoms with Gasteiger partial charge in [-0.05, 0) is 42.7 Å². The van der Waals surface area contributed by atoms with E-state index in [0.717, 1.165) is 55.7 Å². The molecule has 10 nitrogen and oxygen atoms in total. The molecular weight excluding hydrogens is 522 g/mol. The third-order valence-electron chi connectivity index (χ3n) is 7.80. The molecule has 2 aromatic carbocycles. The van der Waals surface area contributed by atoms with Gasteiger partial charge in [0.2, 0.25) is 22.7 Å². The molecule has 3 aliphatic rings. The Morgan fingerprint density at radius 2 is 1.64 bits per heavy atom. The van der Waals surface area contributed by atoms with Gasteiger partial charge in [-0.25, -0.2) is 8.42 Å². The number of hydrogen-bond acceptors (Lipinski definition) is 8. The van der Waals surface area contributed by atoms with E-state index in [9.17, 15) is 13.2 Å². The van der Waals surface area contributed by atoms with Gasteiger partial charge in [0, 0.05) is 44.8 Å². The Kier molecular flexibility index (Phi) is 8.49. The molecule has 5 rings (SSSR count). The van der Waals surface area contributed by atoms with E-state index >= 15 is 0 Å². The lowest BCUT2D eigenvalue weighted by Crippen LogP contribution is -2.53. The molecule has 212 valence electrons. The average molecular weight is 560 g/mol. The third-order valence-corrected chi connectivity index (χ3v) is 9.70. The molecule has 39 heavy (non-hydrogen) atoms. The normalized spacial score (nSPS) is 18.4. The summed E-state index contributed by atoms with van der Waals surface area (Å²) in [6.45, 7) is 3.37. The molecule has 2 aromatic rings. The summed E-state index contributed by atoms with van der Waals surface area (Å²) in [5, 5.41) is 0. The minimum atomic E-state index is -3.93. The maximum atomic E-state index is 13.9. The smallest absolute Gasteiger partial charge is 0.243 e. The molecular formula is C28H37N3O7S. The van der Waals surface area contributed by atoms with Crippen LogP contribution in [0.15, 0.2) is 41.3 Å². The van der Waals surface area contributed by atoms with Crippen LogP contribution < -0.4 is 18.9 Å². The van der Waals surface area contributed by atoms with E-state index in [1.807, 2.05) is 18.2 Å². The van der Waals surface area contributed by atoms with E-state index in [0.29, 0.717) is 37.7 Å². The number of hydrogen-bond donors (Lipinski definition) is 0. The zero-order valence-corrected chi connectivity index (χ0v) is 23.5. The van der Waals surface area contributed by atoms with Gasteiger partial charge in [-0.1, -0.05) is 25.3 Å². The van der Waals surface area contributed by atoms with E-state index in [2.05, 4.69) is 4.90 Å². The van der Waals surface area contributed by atoms with Crippen LogP contribution in [0.2, 0.25) is 0 Å². The van der Waals surface area contributed by atoms with Crippen LogP contribution >= 0.6 is 0 Å². The van der Waals surface area contributed by atoms with Gasteiger partial charge < -0.3 is 23.8 Å². The number of sulfonamides is 1. The molecule has 0 aromatic heterocycles. The van der Waals surface area contributed by atoms with Crippen molar-refractivity contribution in [3.05, 3.63) is 42.0 Å². The van der Waals surface area contributed by atoms with Crippen LogP contribution in [0.3, 0.4) is 0 Å². The van der Waals surface area contributed by atoms with Crippen molar-refractivity contribution in [3.8, 4) is 23.0 Å². The Balaban J connectivity index is 1.26. The predicted molar refractivity (Wildman–Crippen MR) is 145 cm³/mol. The SMILES string of the molecule is COc1ccc(S(=O)(=O)N(CC(=O)N2CCN(Cc3ccc4c(c3)OCO4)CC2)C2CCCCC2)cc1OC. The summed E-state index contributed by atoms with van der Waals surface area (Å²) in [7, 11) is -0.948. The first-order valence-corrected chi connectivity index (χ1v) is 15.0. The van der Waals surface area contributed by atoms with Gasteiger partial charge in [0.1, 0.15) is 0 Å². The van der Waals surface area contributed by atoms with Crippen LogP contribution in [-0.2, 0) is 21.4 Å². The molecule has 0 unspecified atom stereocenters. The second-order valence-electron chi connectivity index (χ2n) is 10.2. The average Bonchev–Trinajstić information content (AvgIpc) is 3.44. The second kappa shape index (κ2) is 12.0. The van der Waals surface area contributed by atoms with Crippen LogP contribution in [-0.4, -0.2) is 88.2 Å². The molecule has 0 bridgehead atoms. The van der Waals surface area contributed by atoms with Gasteiger partial charge >= 0.3 is 0 Å². The number of nitrogens with zero attached hydrogens (tertiary/aromatic N) is 3. The molecule has 11 heteroatoms. The number of piperazine rings is 1. The number of amides is 1. The summed E-state index contributed by atoms with van der Waals surface area (Å²) < 4.78 is 50.7. The molecule has 2 fully saturated rings. The first kappa shape index (κ1) is 27.5. The maximum absolute atomic E-state index is 13.9. The van der Waals surface area contributed by atoms with Crippen LogP contribution in [0.5, 0.6) is 23.0 Å². The van der Waals surface area contributed by atoms with Crippen LogP contribution in [0.25, 0.3) is 0 Å². The fraction of sp³-hybridized carbons (Fsp3) is 0.536. The van der Waals surface area contributed by atoms with E-state index in [1.54, 1.807) is 11.0 Å². The number of methoxy groups -OCH3 is 2. The van der Waals surface area contributed by atoms with E-state index in [1.165, 1.54) is 30.7 Å².